The molecule has 0 bridgehead atoms. The van der Waals surface area contributed by atoms with E-state index in [0.717, 1.165) is 12.0 Å². The Hall–Kier alpha value is -0.870. The van der Waals surface area contributed by atoms with Gasteiger partial charge in [0.2, 0.25) is 10.0 Å². The Kier molecular flexibility index (Phi) is 4.96. The van der Waals surface area contributed by atoms with Gasteiger partial charge in [-0.25, -0.2) is 13.1 Å². The Morgan fingerprint density at radius 2 is 1.75 bits per heavy atom. The zero-order valence-electron chi connectivity index (χ0n) is 9.86. The molecule has 0 aliphatic rings. The maximum absolute atomic E-state index is 11.5. The third kappa shape index (κ3) is 3.94. The van der Waals surface area contributed by atoms with E-state index < -0.39 is 10.0 Å². The lowest BCUT2D eigenvalue weighted by Crippen LogP contribution is -2.26. The molecule has 1 rings (SSSR count). The molecular weight excluding hydrogens is 222 g/mol. The predicted molar refractivity (Wildman–Crippen MR) is 66.7 cm³/mol. The average molecular weight is 241 g/mol. The van der Waals surface area contributed by atoms with Gasteiger partial charge in [-0.05, 0) is 24.0 Å². The molecule has 4 heteroatoms. The van der Waals surface area contributed by atoms with Crippen LogP contribution >= 0.6 is 0 Å². The molecule has 0 atom stereocenters. The Balaban J connectivity index is 2.68. The van der Waals surface area contributed by atoms with E-state index in [1.54, 1.807) is 0 Å². The third-order valence-corrected chi connectivity index (χ3v) is 3.98. The molecule has 3 nitrogen and oxygen atoms in total. The van der Waals surface area contributed by atoms with Crippen LogP contribution in [0.5, 0.6) is 0 Å². The normalized spacial score (nSPS) is 11.6. The average Bonchev–Trinajstić information content (AvgIpc) is 2.27. The lowest BCUT2D eigenvalue weighted by atomic mass is 10.1. The van der Waals surface area contributed by atoms with Gasteiger partial charge in [0.25, 0.3) is 0 Å². The van der Waals surface area contributed by atoms with Crippen molar-refractivity contribution in [2.75, 3.05) is 5.75 Å². The SMILES string of the molecule is CCCS(=O)(=O)NCc1ccccc1CC. The van der Waals surface area contributed by atoms with Crippen LogP contribution in [0, 0.1) is 0 Å². The second-order valence-electron chi connectivity index (χ2n) is 3.76. The summed E-state index contributed by atoms with van der Waals surface area (Å²) in [6.45, 7) is 4.32. The molecule has 0 spiro atoms. The van der Waals surface area contributed by atoms with Gasteiger partial charge in [0.05, 0.1) is 5.75 Å². The number of hydrogen-bond acceptors (Lipinski definition) is 2. The zero-order chi connectivity index (χ0) is 12.0. The van der Waals surface area contributed by atoms with Crippen molar-refractivity contribution < 1.29 is 8.42 Å². The minimum absolute atomic E-state index is 0.196. The van der Waals surface area contributed by atoms with Gasteiger partial charge in [-0.2, -0.15) is 0 Å². The molecule has 1 N–H and O–H groups in total. The number of aryl methyl sites for hydroxylation is 1. The van der Waals surface area contributed by atoms with Gasteiger partial charge in [-0.3, -0.25) is 0 Å². The highest BCUT2D eigenvalue weighted by Gasteiger charge is 2.08. The summed E-state index contributed by atoms with van der Waals surface area (Å²) in [6, 6.07) is 7.91. The lowest BCUT2D eigenvalue weighted by molar-refractivity contribution is 0.579. The Labute approximate surface area is 97.9 Å². The smallest absolute Gasteiger partial charge is 0.211 e. The van der Waals surface area contributed by atoms with Crippen molar-refractivity contribution in [1.29, 1.82) is 0 Å². The maximum Gasteiger partial charge on any atom is 0.211 e. The molecule has 1 aromatic rings. The van der Waals surface area contributed by atoms with Crippen molar-refractivity contribution in [3.05, 3.63) is 35.4 Å². The van der Waals surface area contributed by atoms with Crippen LogP contribution in [-0.4, -0.2) is 14.2 Å². The molecule has 0 heterocycles. The lowest BCUT2D eigenvalue weighted by Gasteiger charge is -2.09. The molecule has 16 heavy (non-hydrogen) atoms. The highest BCUT2D eigenvalue weighted by molar-refractivity contribution is 7.89. The van der Waals surface area contributed by atoms with E-state index >= 15 is 0 Å². The first-order valence-electron chi connectivity index (χ1n) is 5.63. The van der Waals surface area contributed by atoms with Crippen molar-refractivity contribution in [2.45, 2.75) is 33.2 Å². The Morgan fingerprint density at radius 1 is 1.12 bits per heavy atom. The van der Waals surface area contributed by atoms with Gasteiger partial charge in [0.1, 0.15) is 0 Å². The number of hydrogen-bond donors (Lipinski definition) is 1. The Morgan fingerprint density at radius 3 is 2.31 bits per heavy atom. The topological polar surface area (TPSA) is 46.2 Å². The summed E-state index contributed by atoms with van der Waals surface area (Å²) < 4.78 is 25.6. The molecule has 0 radical (unpaired) electrons. The number of nitrogens with one attached hydrogen (secondary N) is 1. The van der Waals surface area contributed by atoms with Gasteiger partial charge >= 0.3 is 0 Å². The standard InChI is InChI=1S/C12H19NO2S/c1-3-9-16(14,15)13-10-12-8-6-5-7-11(12)4-2/h5-8,13H,3-4,9-10H2,1-2H3. The number of rotatable bonds is 6. The maximum atomic E-state index is 11.5. The molecule has 0 saturated heterocycles. The Bertz CT molecular complexity index is 426. The van der Waals surface area contributed by atoms with Gasteiger partial charge in [-0.1, -0.05) is 38.1 Å². The van der Waals surface area contributed by atoms with Crippen molar-refractivity contribution in [2.24, 2.45) is 0 Å². The predicted octanol–water partition coefficient (Wildman–Crippen LogP) is 2.08. The highest BCUT2D eigenvalue weighted by Crippen LogP contribution is 2.09. The minimum atomic E-state index is -3.10. The highest BCUT2D eigenvalue weighted by atomic mass is 32.2. The summed E-state index contributed by atoms with van der Waals surface area (Å²) in [6.07, 6.45) is 1.57. The first-order chi connectivity index (χ1) is 7.59. The first kappa shape index (κ1) is 13.2. The molecule has 0 aliphatic heterocycles. The van der Waals surface area contributed by atoms with Gasteiger partial charge in [0, 0.05) is 6.54 Å². The summed E-state index contributed by atoms with van der Waals surface area (Å²) >= 11 is 0. The molecular formula is C12H19NO2S. The van der Waals surface area contributed by atoms with Crippen LogP contribution in [0.1, 0.15) is 31.4 Å². The van der Waals surface area contributed by atoms with E-state index in [0.29, 0.717) is 13.0 Å². The van der Waals surface area contributed by atoms with E-state index in [-0.39, 0.29) is 5.75 Å². The van der Waals surface area contributed by atoms with E-state index in [9.17, 15) is 8.42 Å². The number of benzene rings is 1. The van der Waals surface area contributed by atoms with Crippen molar-refractivity contribution >= 4 is 10.0 Å². The molecule has 0 amide bonds. The van der Waals surface area contributed by atoms with Crippen LogP contribution in [0.4, 0.5) is 0 Å². The quantitative estimate of drug-likeness (QED) is 0.829. The summed E-state index contributed by atoms with van der Waals surface area (Å²) in [5, 5.41) is 0. The fourth-order valence-corrected chi connectivity index (χ4v) is 2.66. The van der Waals surface area contributed by atoms with Crippen LogP contribution in [0.3, 0.4) is 0 Å². The second-order valence-corrected chi connectivity index (χ2v) is 5.69. The van der Waals surface area contributed by atoms with Crippen molar-refractivity contribution in [3.63, 3.8) is 0 Å². The van der Waals surface area contributed by atoms with E-state index in [1.807, 2.05) is 31.2 Å². The molecule has 0 saturated carbocycles. The first-order valence-corrected chi connectivity index (χ1v) is 7.28. The van der Waals surface area contributed by atoms with Gasteiger partial charge in [0.15, 0.2) is 0 Å². The van der Waals surface area contributed by atoms with Gasteiger partial charge < -0.3 is 0 Å². The largest absolute Gasteiger partial charge is 0.212 e. The van der Waals surface area contributed by atoms with Crippen molar-refractivity contribution in [1.82, 2.24) is 4.72 Å². The van der Waals surface area contributed by atoms with Crippen LogP contribution < -0.4 is 4.72 Å². The summed E-state index contributed by atoms with van der Waals surface area (Å²) in [5.74, 6) is 0.196. The van der Waals surface area contributed by atoms with E-state index in [4.69, 9.17) is 0 Å². The summed E-state index contributed by atoms with van der Waals surface area (Å²) in [7, 11) is -3.10. The second kappa shape index (κ2) is 6.01. The monoisotopic (exact) mass is 241 g/mol. The van der Waals surface area contributed by atoms with E-state index in [2.05, 4.69) is 11.6 Å². The van der Waals surface area contributed by atoms with Gasteiger partial charge in [-0.15, -0.1) is 0 Å². The van der Waals surface area contributed by atoms with E-state index in [1.165, 1.54) is 5.56 Å². The molecule has 0 fully saturated rings. The fraction of sp³-hybridized carbons (Fsp3) is 0.500. The van der Waals surface area contributed by atoms with Crippen LogP contribution in [0.25, 0.3) is 0 Å². The number of sulfonamides is 1. The molecule has 0 aromatic heterocycles. The third-order valence-electron chi connectivity index (χ3n) is 2.45. The minimum Gasteiger partial charge on any atom is -0.212 e. The van der Waals surface area contributed by atoms with Crippen molar-refractivity contribution in [3.8, 4) is 0 Å². The fourth-order valence-electron chi connectivity index (χ4n) is 1.60. The van der Waals surface area contributed by atoms with Crippen LogP contribution in [0.15, 0.2) is 24.3 Å². The summed E-state index contributed by atoms with van der Waals surface area (Å²) in [5.41, 5.74) is 2.26. The molecule has 1 aromatic carbocycles. The van der Waals surface area contributed by atoms with Crippen LogP contribution in [-0.2, 0) is 23.0 Å². The molecule has 90 valence electrons. The molecule has 0 unspecified atom stereocenters. The zero-order valence-corrected chi connectivity index (χ0v) is 10.7. The van der Waals surface area contributed by atoms with Crippen LogP contribution in [0.2, 0.25) is 0 Å². The molecule has 0 aliphatic carbocycles. The summed E-state index contributed by atoms with van der Waals surface area (Å²) in [4.78, 5) is 0.